The molecule has 1 unspecified atom stereocenters. The van der Waals surface area contributed by atoms with Crippen LogP contribution in [0.25, 0.3) is 11.0 Å². The molecule has 28 heavy (non-hydrogen) atoms. The molecule has 4 rings (SSSR count). The van der Waals surface area contributed by atoms with Gasteiger partial charge in [-0.05, 0) is 30.7 Å². The van der Waals surface area contributed by atoms with Gasteiger partial charge in [0.15, 0.2) is 6.23 Å². The summed E-state index contributed by atoms with van der Waals surface area (Å²) in [6, 6.07) is 5.46. The number of hydrogen-bond donors (Lipinski definition) is 4. The van der Waals surface area contributed by atoms with Crippen molar-refractivity contribution in [2.45, 2.75) is 37.1 Å². The number of halogens is 2. The van der Waals surface area contributed by atoms with Crippen LogP contribution >= 0.6 is 11.6 Å². The van der Waals surface area contributed by atoms with E-state index in [4.69, 9.17) is 22.1 Å². The largest absolute Gasteiger partial charge is 0.387 e. The number of ether oxygens (including phenoxy) is 1. The van der Waals surface area contributed by atoms with Crippen molar-refractivity contribution >= 4 is 28.5 Å². The molecule has 10 heteroatoms. The predicted molar refractivity (Wildman–Crippen MR) is 98.8 cm³/mol. The smallest absolute Gasteiger partial charge is 0.164 e. The Bertz CT molecular complexity index is 1040. The van der Waals surface area contributed by atoms with E-state index in [1.54, 1.807) is 12.3 Å². The third-order valence-electron chi connectivity index (χ3n) is 5.11. The molecular weight excluding hydrogens is 391 g/mol. The second kappa shape index (κ2) is 6.64. The third kappa shape index (κ3) is 2.83. The Labute approximate surface area is 164 Å². The summed E-state index contributed by atoms with van der Waals surface area (Å²) in [5.74, 6) is -0.454. The highest BCUT2D eigenvalue weighted by atomic mass is 35.5. The Hall–Kier alpha value is -2.30. The molecule has 0 radical (unpaired) electrons. The van der Waals surface area contributed by atoms with Crippen LogP contribution in [-0.4, -0.2) is 48.2 Å². The average molecular weight is 409 g/mol. The topological polar surface area (TPSA) is 127 Å². The van der Waals surface area contributed by atoms with Crippen LogP contribution in [0.4, 0.5) is 10.2 Å². The Kier molecular flexibility index (Phi) is 4.52. The van der Waals surface area contributed by atoms with Crippen LogP contribution in [0.2, 0.25) is 5.02 Å². The van der Waals surface area contributed by atoms with Crippen LogP contribution in [0.15, 0.2) is 36.8 Å². The van der Waals surface area contributed by atoms with Gasteiger partial charge in [-0.3, -0.25) is 0 Å². The van der Waals surface area contributed by atoms with E-state index in [-0.39, 0.29) is 16.4 Å². The Morgan fingerprint density at radius 2 is 2.00 bits per heavy atom. The molecule has 0 amide bonds. The second-order valence-electron chi connectivity index (χ2n) is 6.92. The van der Waals surface area contributed by atoms with Crippen LogP contribution in [0.5, 0.6) is 0 Å². The fourth-order valence-corrected chi connectivity index (χ4v) is 3.64. The van der Waals surface area contributed by atoms with Gasteiger partial charge in [-0.25, -0.2) is 14.4 Å². The summed E-state index contributed by atoms with van der Waals surface area (Å²) in [6.45, 7) is 1.37. The van der Waals surface area contributed by atoms with Gasteiger partial charge in [0.25, 0.3) is 0 Å². The lowest BCUT2D eigenvalue weighted by Crippen LogP contribution is -2.45. The number of aromatic nitrogens is 3. The molecule has 1 fully saturated rings. The van der Waals surface area contributed by atoms with Gasteiger partial charge in [0.2, 0.25) is 0 Å². The number of aliphatic hydroxyl groups excluding tert-OH is 2. The van der Waals surface area contributed by atoms with Gasteiger partial charge in [0, 0.05) is 6.20 Å². The van der Waals surface area contributed by atoms with E-state index in [9.17, 15) is 19.7 Å². The maximum Gasteiger partial charge on any atom is 0.164 e. The summed E-state index contributed by atoms with van der Waals surface area (Å²) in [4.78, 5) is 8.05. The van der Waals surface area contributed by atoms with E-state index in [1.165, 1.54) is 30.0 Å². The normalized spacial score (nSPS) is 27.2. The standard InChI is InChI=1S/C18H18ClFN4O4/c1-18(27,8-2-3-10(19)11(20)6-8)14-12(25)13(26)17(28-14)24-5-4-9-15(21)22-7-23-16(9)24/h2-7,12-14,17,25-27H,1H3,(H2,21,22,23)/t12-,13?,14-,17+,18-/m0/s1. The molecule has 5 atom stereocenters. The van der Waals surface area contributed by atoms with E-state index in [0.717, 1.165) is 6.07 Å². The van der Waals surface area contributed by atoms with Crippen molar-refractivity contribution in [1.29, 1.82) is 0 Å². The zero-order valence-electron chi connectivity index (χ0n) is 14.7. The average Bonchev–Trinajstić information content (AvgIpc) is 3.20. The molecule has 1 aliphatic rings. The van der Waals surface area contributed by atoms with Crippen molar-refractivity contribution in [2.24, 2.45) is 0 Å². The lowest BCUT2D eigenvalue weighted by Gasteiger charge is -2.32. The number of fused-ring (bicyclic) bond motifs is 1. The minimum absolute atomic E-state index is 0.0959. The fraction of sp³-hybridized carbons (Fsp3) is 0.333. The number of anilines is 1. The van der Waals surface area contributed by atoms with E-state index < -0.39 is 36.0 Å². The SMILES string of the molecule is C[C@](O)(c1ccc(Cl)c(F)c1)[C@H]1O[C@@H](n2ccc3c(N)ncnc32)C(O)[C@@H]1O. The zero-order valence-corrected chi connectivity index (χ0v) is 15.5. The first-order chi connectivity index (χ1) is 13.2. The second-order valence-corrected chi connectivity index (χ2v) is 7.33. The summed E-state index contributed by atoms with van der Waals surface area (Å²) in [7, 11) is 0. The summed E-state index contributed by atoms with van der Waals surface area (Å²) in [6.07, 6.45) is -2.25. The summed E-state index contributed by atoms with van der Waals surface area (Å²) >= 11 is 5.70. The van der Waals surface area contributed by atoms with Crippen molar-refractivity contribution in [3.8, 4) is 0 Å². The Morgan fingerprint density at radius 3 is 2.71 bits per heavy atom. The molecule has 148 valence electrons. The molecule has 0 spiro atoms. The first-order valence-electron chi connectivity index (χ1n) is 8.48. The number of rotatable bonds is 3. The molecule has 5 N–H and O–H groups in total. The van der Waals surface area contributed by atoms with Gasteiger partial charge in [-0.1, -0.05) is 17.7 Å². The van der Waals surface area contributed by atoms with Crippen molar-refractivity contribution < 1.29 is 24.4 Å². The zero-order chi connectivity index (χ0) is 20.2. The van der Waals surface area contributed by atoms with Crippen molar-refractivity contribution in [1.82, 2.24) is 14.5 Å². The van der Waals surface area contributed by atoms with Crippen LogP contribution in [-0.2, 0) is 10.3 Å². The van der Waals surface area contributed by atoms with Crippen LogP contribution in [0.3, 0.4) is 0 Å². The highest BCUT2D eigenvalue weighted by Gasteiger charge is 2.52. The molecule has 0 bridgehead atoms. The fourth-order valence-electron chi connectivity index (χ4n) is 3.53. The Morgan fingerprint density at radius 1 is 1.25 bits per heavy atom. The van der Waals surface area contributed by atoms with Gasteiger partial charge in [0.1, 0.15) is 47.5 Å². The molecule has 0 aliphatic carbocycles. The monoisotopic (exact) mass is 408 g/mol. The maximum absolute atomic E-state index is 13.9. The van der Waals surface area contributed by atoms with Crippen LogP contribution in [0.1, 0.15) is 18.7 Å². The van der Waals surface area contributed by atoms with Gasteiger partial charge in [-0.15, -0.1) is 0 Å². The number of hydrogen-bond acceptors (Lipinski definition) is 7. The number of benzene rings is 1. The Balaban J connectivity index is 1.71. The van der Waals surface area contributed by atoms with E-state index in [2.05, 4.69) is 9.97 Å². The van der Waals surface area contributed by atoms with E-state index in [0.29, 0.717) is 11.0 Å². The lowest BCUT2D eigenvalue weighted by molar-refractivity contribution is -0.135. The summed E-state index contributed by atoms with van der Waals surface area (Å²) in [5, 5.41) is 32.6. The molecule has 8 nitrogen and oxygen atoms in total. The van der Waals surface area contributed by atoms with Crippen LogP contribution in [0, 0.1) is 5.82 Å². The molecule has 0 saturated carbocycles. The van der Waals surface area contributed by atoms with Crippen molar-refractivity contribution in [3.05, 3.63) is 53.2 Å². The van der Waals surface area contributed by atoms with Gasteiger partial charge < -0.3 is 30.4 Å². The molecular formula is C18H18ClFN4O4. The van der Waals surface area contributed by atoms with E-state index >= 15 is 0 Å². The highest BCUT2D eigenvalue weighted by Crippen LogP contribution is 2.41. The first-order valence-corrected chi connectivity index (χ1v) is 8.86. The molecule has 1 aromatic carbocycles. The minimum Gasteiger partial charge on any atom is -0.387 e. The lowest BCUT2D eigenvalue weighted by atomic mass is 9.86. The number of aliphatic hydroxyl groups is 3. The van der Waals surface area contributed by atoms with Crippen molar-refractivity contribution in [3.63, 3.8) is 0 Å². The first kappa shape index (κ1) is 19.0. The minimum atomic E-state index is -1.81. The molecule has 1 aliphatic heterocycles. The number of nitrogens with zero attached hydrogens (tertiary/aromatic N) is 3. The van der Waals surface area contributed by atoms with Gasteiger partial charge in [-0.2, -0.15) is 0 Å². The van der Waals surface area contributed by atoms with Crippen LogP contribution < -0.4 is 5.73 Å². The summed E-state index contributed by atoms with van der Waals surface area (Å²) in [5.41, 5.74) is 4.57. The number of nitrogen functional groups attached to an aromatic ring is 1. The van der Waals surface area contributed by atoms with Crippen molar-refractivity contribution in [2.75, 3.05) is 5.73 Å². The molecule has 1 saturated heterocycles. The van der Waals surface area contributed by atoms with Gasteiger partial charge in [0.05, 0.1) is 10.4 Å². The highest BCUT2D eigenvalue weighted by molar-refractivity contribution is 6.30. The quantitative estimate of drug-likeness (QED) is 0.515. The number of nitrogens with two attached hydrogens (primary N) is 1. The molecule has 2 aromatic heterocycles. The maximum atomic E-state index is 13.9. The molecule has 3 aromatic rings. The van der Waals surface area contributed by atoms with Gasteiger partial charge >= 0.3 is 0 Å². The summed E-state index contributed by atoms with van der Waals surface area (Å²) < 4.78 is 21.2. The molecule has 3 heterocycles. The third-order valence-corrected chi connectivity index (χ3v) is 5.42. The predicted octanol–water partition coefficient (Wildman–Crippen LogP) is 1.33. The van der Waals surface area contributed by atoms with E-state index in [1.807, 2.05) is 0 Å².